The topological polar surface area (TPSA) is 41.6 Å². The zero-order chi connectivity index (χ0) is 12.1. The van der Waals surface area contributed by atoms with Gasteiger partial charge in [-0.05, 0) is 38.1 Å². The SMILES string of the molecule is COCCN1CCC[C@H](C(=O)NCC2CC2)C1. The Balaban J connectivity index is 1.69. The second-order valence-electron chi connectivity index (χ2n) is 5.32. The molecular formula is C13H24N2O2. The van der Waals surface area contributed by atoms with E-state index in [0.29, 0.717) is 0 Å². The molecule has 2 aliphatic rings. The molecule has 1 amide bonds. The van der Waals surface area contributed by atoms with Gasteiger partial charge in [-0.3, -0.25) is 4.79 Å². The van der Waals surface area contributed by atoms with Crippen LogP contribution in [0.5, 0.6) is 0 Å². The molecule has 1 heterocycles. The van der Waals surface area contributed by atoms with Crippen LogP contribution in [-0.4, -0.2) is 50.7 Å². The number of carbonyl (C=O) groups excluding carboxylic acids is 1. The Hall–Kier alpha value is -0.610. The van der Waals surface area contributed by atoms with Crippen LogP contribution in [0.3, 0.4) is 0 Å². The Kier molecular flexibility index (Phi) is 4.80. The highest BCUT2D eigenvalue weighted by molar-refractivity contribution is 5.79. The number of hydrogen-bond acceptors (Lipinski definition) is 3. The van der Waals surface area contributed by atoms with Crippen LogP contribution < -0.4 is 5.32 Å². The van der Waals surface area contributed by atoms with Crippen LogP contribution in [0.25, 0.3) is 0 Å². The predicted molar refractivity (Wildman–Crippen MR) is 66.8 cm³/mol. The molecule has 1 atom stereocenters. The summed E-state index contributed by atoms with van der Waals surface area (Å²) in [7, 11) is 1.73. The Morgan fingerprint density at radius 3 is 2.94 bits per heavy atom. The largest absolute Gasteiger partial charge is 0.383 e. The molecule has 0 bridgehead atoms. The molecule has 4 heteroatoms. The fourth-order valence-corrected chi connectivity index (χ4v) is 2.40. The van der Waals surface area contributed by atoms with E-state index < -0.39 is 0 Å². The molecule has 17 heavy (non-hydrogen) atoms. The van der Waals surface area contributed by atoms with E-state index in [1.807, 2.05) is 0 Å². The van der Waals surface area contributed by atoms with Crippen molar-refractivity contribution in [1.82, 2.24) is 10.2 Å². The molecule has 1 saturated heterocycles. The Bertz CT molecular complexity index is 254. The first-order valence-corrected chi connectivity index (χ1v) is 6.78. The number of hydrogen-bond donors (Lipinski definition) is 1. The summed E-state index contributed by atoms with van der Waals surface area (Å²) in [5, 5.41) is 3.09. The maximum atomic E-state index is 12.0. The third-order valence-corrected chi connectivity index (χ3v) is 3.75. The number of carbonyl (C=O) groups is 1. The number of likely N-dealkylation sites (tertiary alicyclic amines) is 1. The van der Waals surface area contributed by atoms with Crippen molar-refractivity contribution in [3.63, 3.8) is 0 Å². The lowest BCUT2D eigenvalue weighted by Crippen LogP contribution is -2.44. The summed E-state index contributed by atoms with van der Waals surface area (Å²) >= 11 is 0. The Morgan fingerprint density at radius 1 is 1.41 bits per heavy atom. The minimum atomic E-state index is 0.194. The van der Waals surface area contributed by atoms with E-state index in [-0.39, 0.29) is 11.8 Å². The molecule has 4 nitrogen and oxygen atoms in total. The first kappa shape index (κ1) is 12.8. The van der Waals surface area contributed by atoms with Crippen LogP contribution in [0.15, 0.2) is 0 Å². The Morgan fingerprint density at radius 2 is 2.24 bits per heavy atom. The zero-order valence-electron chi connectivity index (χ0n) is 10.8. The number of nitrogens with one attached hydrogen (secondary N) is 1. The average molecular weight is 240 g/mol. The van der Waals surface area contributed by atoms with E-state index in [1.54, 1.807) is 7.11 Å². The van der Waals surface area contributed by atoms with Crippen LogP contribution in [-0.2, 0) is 9.53 Å². The molecule has 0 aromatic heterocycles. The summed E-state index contributed by atoms with van der Waals surface area (Å²) in [6, 6.07) is 0. The van der Waals surface area contributed by atoms with Gasteiger partial charge in [-0.1, -0.05) is 0 Å². The molecular weight excluding hydrogens is 216 g/mol. The van der Waals surface area contributed by atoms with Crippen molar-refractivity contribution in [3.05, 3.63) is 0 Å². The van der Waals surface area contributed by atoms with Crippen molar-refractivity contribution >= 4 is 5.91 Å². The minimum absolute atomic E-state index is 0.194. The number of ether oxygens (including phenoxy) is 1. The summed E-state index contributed by atoms with van der Waals surface area (Å²) in [5.41, 5.74) is 0. The molecule has 1 saturated carbocycles. The maximum Gasteiger partial charge on any atom is 0.224 e. The zero-order valence-corrected chi connectivity index (χ0v) is 10.8. The quantitative estimate of drug-likeness (QED) is 0.749. The highest BCUT2D eigenvalue weighted by atomic mass is 16.5. The third kappa shape index (κ3) is 4.28. The molecule has 1 aliphatic heterocycles. The lowest BCUT2D eigenvalue weighted by atomic mass is 9.97. The predicted octanol–water partition coefficient (Wildman–Crippen LogP) is 0.871. The van der Waals surface area contributed by atoms with Crippen molar-refractivity contribution < 1.29 is 9.53 Å². The smallest absolute Gasteiger partial charge is 0.224 e. The van der Waals surface area contributed by atoms with Crippen LogP contribution >= 0.6 is 0 Å². The standard InChI is InChI=1S/C13H24N2O2/c1-17-8-7-15-6-2-3-12(10-15)13(16)14-9-11-4-5-11/h11-12H,2-10H2,1H3,(H,14,16)/t12-/m0/s1. The fourth-order valence-electron chi connectivity index (χ4n) is 2.40. The van der Waals surface area contributed by atoms with Gasteiger partial charge >= 0.3 is 0 Å². The van der Waals surface area contributed by atoms with Crippen LogP contribution in [0.4, 0.5) is 0 Å². The minimum Gasteiger partial charge on any atom is -0.383 e. The molecule has 2 fully saturated rings. The monoisotopic (exact) mass is 240 g/mol. The van der Waals surface area contributed by atoms with Crippen LogP contribution in [0.1, 0.15) is 25.7 Å². The van der Waals surface area contributed by atoms with Gasteiger partial charge in [0.2, 0.25) is 5.91 Å². The van der Waals surface area contributed by atoms with E-state index >= 15 is 0 Å². The molecule has 0 aromatic rings. The van der Waals surface area contributed by atoms with Crippen molar-refractivity contribution in [3.8, 4) is 0 Å². The molecule has 0 spiro atoms. The average Bonchev–Trinajstić information content (AvgIpc) is 3.18. The van der Waals surface area contributed by atoms with E-state index in [4.69, 9.17) is 4.74 Å². The molecule has 0 unspecified atom stereocenters. The number of amides is 1. The van der Waals surface area contributed by atoms with E-state index in [9.17, 15) is 4.79 Å². The van der Waals surface area contributed by atoms with Gasteiger partial charge in [0.1, 0.15) is 0 Å². The number of rotatable bonds is 6. The van der Waals surface area contributed by atoms with Crippen molar-refractivity contribution in [2.24, 2.45) is 11.8 Å². The second kappa shape index (κ2) is 6.36. The number of piperidine rings is 1. The van der Waals surface area contributed by atoms with Crippen LogP contribution in [0.2, 0.25) is 0 Å². The van der Waals surface area contributed by atoms with Gasteiger partial charge < -0.3 is 15.0 Å². The highest BCUT2D eigenvalue weighted by Crippen LogP contribution is 2.27. The first-order valence-electron chi connectivity index (χ1n) is 6.78. The summed E-state index contributed by atoms with van der Waals surface area (Å²) in [6.45, 7) is 4.61. The first-order chi connectivity index (χ1) is 8.29. The summed E-state index contributed by atoms with van der Waals surface area (Å²) in [6.07, 6.45) is 4.76. The summed E-state index contributed by atoms with van der Waals surface area (Å²) in [4.78, 5) is 14.3. The summed E-state index contributed by atoms with van der Waals surface area (Å²) < 4.78 is 5.09. The lowest BCUT2D eigenvalue weighted by Gasteiger charge is -2.31. The fraction of sp³-hybridized carbons (Fsp3) is 0.923. The second-order valence-corrected chi connectivity index (χ2v) is 5.32. The maximum absolute atomic E-state index is 12.0. The Labute approximate surface area is 104 Å². The van der Waals surface area contributed by atoms with Gasteiger partial charge in [-0.2, -0.15) is 0 Å². The van der Waals surface area contributed by atoms with Crippen LogP contribution in [0, 0.1) is 11.8 Å². The molecule has 0 aromatic carbocycles. The van der Waals surface area contributed by atoms with Crippen molar-refractivity contribution in [2.45, 2.75) is 25.7 Å². The van der Waals surface area contributed by atoms with Gasteiger partial charge in [-0.25, -0.2) is 0 Å². The molecule has 2 rings (SSSR count). The van der Waals surface area contributed by atoms with E-state index in [1.165, 1.54) is 12.8 Å². The van der Waals surface area contributed by atoms with Crippen molar-refractivity contribution in [1.29, 1.82) is 0 Å². The van der Waals surface area contributed by atoms with Gasteiger partial charge in [0, 0.05) is 26.7 Å². The third-order valence-electron chi connectivity index (χ3n) is 3.75. The molecule has 98 valence electrons. The summed E-state index contributed by atoms with van der Waals surface area (Å²) in [5.74, 6) is 1.23. The van der Waals surface area contributed by atoms with Gasteiger partial charge in [0.05, 0.1) is 12.5 Å². The normalized spacial score (nSPS) is 25.8. The van der Waals surface area contributed by atoms with Gasteiger partial charge in [0.15, 0.2) is 0 Å². The number of methoxy groups -OCH3 is 1. The van der Waals surface area contributed by atoms with Crippen molar-refractivity contribution in [2.75, 3.05) is 39.9 Å². The van der Waals surface area contributed by atoms with Gasteiger partial charge in [-0.15, -0.1) is 0 Å². The molecule has 0 radical (unpaired) electrons. The molecule has 1 aliphatic carbocycles. The highest BCUT2D eigenvalue weighted by Gasteiger charge is 2.27. The van der Waals surface area contributed by atoms with E-state index in [0.717, 1.165) is 51.5 Å². The molecule has 1 N–H and O–H groups in total. The van der Waals surface area contributed by atoms with Gasteiger partial charge in [0.25, 0.3) is 0 Å². The lowest BCUT2D eigenvalue weighted by molar-refractivity contribution is -0.126. The number of nitrogens with zero attached hydrogens (tertiary/aromatic N) is 1. The van der Waals surface area contributed by atoms with E-state index in [2.05, 4.69) is 10.2 Å².